The molecule has 3 amide bonds. The quantitative estimate of drug-likeness (QED) is 0.735. The van der Waals surface area contributed by atoms with Gasteiger partial charge in [0, 0.05) is 6.54 Å². The van der Waals surface area contributed by atoms with Gasteiger partial charge in [-0.3, -0.25) is 19.3 Å². The van der Waals surface area contributed by atoms with Crippen LogP contribution >= 0.6 is 0 Å². The first-order valence-electron chi connectivity index (χ1n) is 8.50. The highest BCUT2D eigenvalue weighted by Crippen LogP contribution is 2.24. The van der Waals surface area contributed by atoms with Gasteiger partial charge in [0.2, 0.25) is 5.91 Å². The topological polar surface area (TPSA) is 113 Å². The van der Waals surface area contributed by atoms with Gasteiger partial charge in [-0.2, -0.15) is 0 Å². The van der Waals surface area contributed by atoms with Crippen molar-refractivity contribution in [3.8, 4) is 5.75 Å². The Morgan fingerprint density at radius 1 is 1.11 bits per heavy atom. The highest BCUT2D eigenvalue weighted by Gasteiger charge is 2.40. The van der Waals surface area contributed by atoms with Gasteiger partial charge in [-0.05, 0) is 36.8 Å². The van der Waals surface area contributed by atoms with Crippen LogP contribution in [0.4, 0.5) is 0 Å². The summed E-state index contributed by atoms with van der Waals surface area (Å²) < 4.78 is 5.06. The average Bonchev–Trinajstić information content (AvgIpc) is 2.95. The largest absolute Gasteiger partial charge is 0.496 e. The molecule has 0 saturated carbocycles. The Labute approximate surface area is 160 Å². The molecule has 1 atom stereocenters. The van der Waals surface area contributed by atoms with Gasteiger partial charge in [0.25, 0.3) is 11.8 Å². The van der Waals surface area contributed by atoms with Crippen molar-refractivity contribution in [1.82, 2.24) is 10.2 Å². The van der Waals surface area contributed by atoms with Crippen LogP contribution in [0.25, 0.3) is 0 Å². The molecule has 8 heteroatoms. The number of carbonyl (C=O) groups excluding carboxylic acids is 3. The van der Waals surface area contributed by atoms with Crippen molar-refractivity contribution in [2.24, 2.45) is 0 Å². The fourth-order valence-corrected chi connectivity index (χ4v) is 3.04. The zero-order valence-corrected chi connectivity index (χ0v) is 15.3. The van der Waals surface area contributed by atoms with E-state index in [1.54, 1.807) is 30.3 Å². The maximum Gasteiger partial charge on any atom is 0.339 e. The number of fused-ring (bicyclic) bond motifs is 1. The number of ether oxygens (including phenoxy) is 1. The Morgan fingerprint density at radius 2 is 1.71 bits per heavy atom. The van der Waals surface area contributed by atoms with E-state index in [-0.39, 0.29) is 29.0 Å². The van der Waals surface area contributed by atoms with E-state index >= 15 is 0 Å². The third-order valence-electron chi connectivity index (χ3n) is 4.56. The molecule has 28 heavy (non-hydrogen) atoms. The normalized spacial score (nSPS) is 13.9. The van der Waals surface area contributed by atoms with Gasteiger partial charge in [-0.1, -0.05) is 18.2 Å². The maximum atomic E-state index is 12.5. The Bertz CT molecular complexity index is 949. The molecular formula is C20H18N2O6. The van der Waals surface area contributed by atoms with E-state index in [2.05, 4.69) is 5.32 Å². The molecule has 1 aliphatic rings. The van der Waals surface area contributed by atoms with Crippen LogP contribution in [-0.2, 0) is 11.3 Å². The standard InChI is InChI=1S/C20H18N2O6/c1-11(22-18(24)13-5-3-4-6-14(13)19(22)25)17(23)21-10-12-7-8-15(20(26)27)16(9-12)28-2/h3-9,11H,10H2,1-2H3,(H,21,23)(H,26,27). The molecule has 0 radical (unpaired) electrons. The number of aromatic carboxylic acids is 1. The minimum atomic E-state index is -1.12. The molecule has 1 unspecified atom stereocenters. The van der Waals surface area contributed by atoms with Crippen LogP contribution in [0.15, 0.2) is 42.5 Å². The van der Waals surface area contributed by atoms with E-state index in [0.29, 0.717) is 5.56 Å². The highest BCUT2D eigenvalue weighted by atomic mass is 16.5. The summed E-state index contributed by atoms with van der Waals surface area (Å²) >= 11 is 0. The number of rotatable bonds is 6. The summed E-state index contributed by atoms with van der Waals surface area (Å²) in [5, 5.41) is 11.8. The first-order valence-corrected chi connectivity index (χ1v) is 8.50. The molecule has 144 valence electrons. The van der Waals surface area contributed by atoms with E-state index in [4.69, 9.17) is 9.84 Å². The Kier molecular flexibility index (Phi) is 5.12. The zero-order valence-electron chi connectivity index (χ0n) is 15.3. The molecule has 0 fully saturated rings. The molecule has 8 nitrogen and oxygen atoms in total. The van der Waals surface area contributed by atoms with E-state index in [9.17, 15) is 19.2 Å². The second-order valence-electron chi connectivity index (χ2n) is 6.26. The third-order valence-corrected chi connectivity index (χ3v) is 4.56. The van der Waals surface area contributed by atoms with Crippen molar-refractivity contribution >= 4 is 23.7 Å². The molecule has 0 saturated heterocycles. The van der Waals surface area contributed by atoms with Crippen molar-refractivity contribution < 1.29 is 29.0 Å². The van der Waals surface area contributed by atoms with Crippen LogP contribution < -0.4 is 10.1 Å². The number of carboxylic acid groups (broad SMARTS) is 1. The molecule has 2 aromatic carbocycles. The predicted molar refractivity (Wildman–Crippen MR) is 98.2 cm³/mol. The second-order valence-corrected chi connectivity index (χ2v) is 6.26. The van der Waals surface area contributed by atoms with Gasteiger partial charge >= 0.3 is 5.97 Å². The number of amides is 3. The summed E-state index contributed by atoms with van der Waals surface area (Å²) in [7, 11) is 1.36. The van der Waals surface area contributed by atoms with Crippen molar-refractivity contribution in [2.75, 3.05) is 7.11 Å². The third kappa shape index (κ3) is 3.32. The molecule has 0 bridgehead atoms. The number of hydrogen-bond acceptors (Lipinski definition) is 5. The van der Waals surface area contributed by atoms with Crippen LogP contribution in [0, 0.1) is 0 Å². The molecule has 0 spiro atoms. The lowest BCUT2D eigenvalue weighted by molar-refractivity contribution is -0.124. The number of methoxy groups -OCH3 is 1. The number of benzene rings is 2. The minimum absolute atomic E-state index is 0.0111. The molecular weight excluding hydrogens is 364 g/mol. The maximum absolute atomic E-state index is 12.5. The van der Waals surface area contributed by atoms with Gasteiger partial charge in [-0.25, -0.2) is 4.79 Å². The van der Waals surface area contributed by atoms with Gasteiger partial charge in [0.15, 0.2) is 0 Å². The Hall–Kier alpha value is -3.68. The lowest BCUT2D eigenvalue weighted by Gasteiger charge is -2.21. The summed E-state index contributed by atoms with van der Waals surface area (Å²) in [5.41, 5.74) is 1.18. The summed E-state index contributed by atoms with van der Waals surface area (Å²) in [4.78, 5) is 49.5. The number of nitrogens with zero attached hydrogens (tertiary/aromatic N) is 1. The monoisotopic (exact) mass is 382 g/mol. The lowest BCUT2D eigenvalue weighted by Crippen LogP contribution is -2.47. The van der Waals surface area contributed by atoms with Gasteiger partial charge in [0.05, 0.1) is 18.2 Å². The number of imide groups is 1. The van der Waals surface area contributed by atoms with Crippen LogP contribution in [0.1, 0.15) is 43.6 Å². The predicted octanol–water partition coefficient (Wildman–Crippen LogP) is 1.69. The van der Waals surface area contributed by atoms with Gasteiger partial charge < -0.3 is 15.2 Å². The first kappa shape index (κ1) is 19.1. The van der Waals surface area contributed by atoms with Crippen molar-refractivity contribution in [2.45, 2.75) is 19.5 Å². The SMILES string of the molecule is COc1cc(CNC(=O)C(C)N2C(=O)c3ccccc3C2=O)ccc1C(=O)O. The van der Waals surface area contributed by atoms with E-state index in [1.165, 1.54) is 26.2 Å². The summed E-state index contributed by atoms with van der Waals surface area (Å²) in [6, 6.07) is 9.88. The molecule has 0 aromatic heterocycles. The second kappa shape index (κ2) is 7.51. The smallest absolute Gasteiger partial charge is 0.339 e. The average molecular weight is 382 g/mol. The minimum Gasteiger partial charge on any atom is -0.496 e. The molecule has 1 aliphatic heterocycles. The van der Waals surface area contributed by atoms with Crippen LogP contribution in [0.5, 0.6) is 5.75 Å². The van der Waals surface area contributed by atoms with E-state index in [1.807, 2.05) is 0 Å². The summed E-state index contributed by atoms with van der Waals surface area (Å²) in [5.74, 6) is -2.46. The zero-order chi connectivity index (χ0) is 20.4. The molecule has 0 aliphatic carbocycles. The lowest BCUT2D eigenvalue weighted by atomic mass is 10.1. The highest BCUT2D eigenvalue weighted by molar-refractivity contribution is 6.22. The molecule has 3 rings (SSSR count). The van der Waals surface area contributed by atoms with Gasteiger partial charge in [0.1, 0.15) is 17.4 Å². The van der Waals surface area contributed by atoms with E-state index < -0.39 is 29.7 Å². The number of nitrogens with one attached hydrogen (secondary N) is 1. The first-order chi connectivity index (χ1) is 13.3. The molecule has 2 N–H and O–H groups in total. The fourth-order valence-electron chi connectivity index (χ4n) is 3.04. The number of carboxylic acids is 1. The number of hydrogen-bond donors (Lipinski definition) is 2. The number of carbonyl (C=O) groups is 4. The summed E-state index contributed by atoms with van der Waals surface area (Å²) in [6.45, 7) is 1.56. The van der Waals surface area contributed by atoms with Crippen molar-refractivity contribution in [1.29, 1.82) is 0 Å². The van der Waals surface area contributed by atoms with Crippen LogP contribution in [0.2, 0.25) is 0 Å². The van der Waals surface area contributed by atoms with Gasteiger partial charge in [-0.15, -0.1) is 0 Å². The molecule has 1 heterocycles. The van der Waals surface area contributed by atoms with Crippen LogP contribution in [-0.4, -0.2) is 46.8 Å². The van der Waals surface area contributed by atoms with Crippen LogP contribution in [0.3, 0.4) is 0 Å². The Balaban J connectivity index is 1.70. The Morgan fingerprint density at radius 3 is 2.25 bits per heavy atom. The van der Waals surface area contributed by atoms with Crippen molar-refractivity contribution in [3.05, 3.63) is 64.7 Å². The fraction of sp³-hybridized carbons (Fsp3) is 0.200. The van der Waals surface area contributed by atoms with Crippen molar-refractivity contribution in [3.63, 3.8) is 0 Å². The molecule has 2 aromatic rings. The summed E-state index contributed by atoms with van der Waals surface area (Å²) in [6.07, 6.45) is 0. The van der Waals surface area contributed by atoms with E-state index in [0.717, 1.165) is 4.90 Å².